The van der Waals surface area contributed by atoms with Gasteiger partial charge >= 0.3 is 0 Å². The molecule has 0 fully saturated rings. The third kappa shape index (κ3) is 3.76. The number of nitrogens with zero attached hydrogens (tertiary/aromatic N) is 4. The van der Waals surface area contributed by atoms with Gasteiger partial charge in [0.15, 0.2) is 0 Å². The van der Waals surface area contributed by atoms with Crippen LogP contribution in [0.25, 0.3) is 11.3 Å². The first-order chi connectivity index (χ1) is 12.2. The van der Waals surface area contributed by atoms with E-state index in [1.165, 1.54) is 6.07 Å². The monoisotopic (exact) mass is 331 g/mol. The lowest BCUT2D eigenvalue weighted by Crippen LogP contribution is -2.29. The minimum atomic E-state index is -0.444. The Bertz CT molecular complexity index is 1010. The number of para-hydroxylation sites is 1. The van der Waals surface area contributed by atoms with Gasteiger partial charge in [-0.1, -0.05) is 12.1 Å². The molecule has 7 nitrogen and oxygen atoms in total. The Hall–Kier alpha value is -3.79. The van der Waals surface area contributed by atoms with Crippen LogP contribution in [0.4, 0.5) is 5.69 Å². The number of carbonyl (C=O) groups is 1. The highest BCUT2D eigenvalue weighted by molar-refractivity contribution is 5.91. The number of nitrogens with one attached hydrogen (secondary N) is 1. The van der Waals surface area contributed by atoms with E-state index < -0.39 is 11.5 Å². The molecule has 0 saturated carbocycles. The van der Waals surface area contributed by atoms with Crippen molar-refractivity contribution in [3.05, 3.63) is 76.8 Å². The van der Waals surface area contributed by atoms with Crippen molar-refractivity contribution in [1.29, 1.82) is 5.26 Å². The van der Waals surface area contributed by atoms with E-state index >= 15 is 0 Å². The first kappa shape index (κ1) is 16.1. The average Bonchev–Trinajstić information content (AvgIpc) is 2.64. The summed E-state index contributed by atoms with van der Waals surface area (Å²) in [5.74, 6) is -0.444. The molecule has 0 aliphatic heterocycles. The number of anilines is 1. The van der Waals surface area contributed by atoms with Crippen molar-refractivity contribution in [2.45, 2.75) is 6.54 Å². The molecule has 0 aliphatic carbocycles. The normalized spacial score (nSPS) is 10.0. The van der Waals surface area contributed by atoms with Gasteiger partial charge in [0.1, 0.15) is 12.6 Å². The molecule has 1 N–H and O–H groups in total. The van der Waals surface area contributed by atoms with Crippen molar-refractivity contribution in [2.75, 3.05) is 5.32 Å². The molecule has 0 saturated heterocycles. The molecule has 0 spiro atoms. The quantitative estimate of drug-likeness (QED) is 0.786. The smallest absolute Gasteiger partial charge is 0.267 e. The van der Waals surface area contributed by atoms with Crippen molar-refractivity contribution in [1.82, 2.24) is 14.8 Å². The van der Waals surface area contributed by atoms with Crippen molar-refractivity contribution >= 4 is 11.6 Å². The molecular weight excluding hydrogens is 318 g/mol. The summed E-state index contributed by atoms with van der Waals surface area (Å²) in [6.07, 6.45) is 3.26. The molecule has 0 radical (unpaired) electrons. The molecule has 3 rings (SSSR count). The van der Waals surface area contributed by atoms with Crippen molar-refractivity contribution in [3.8, 4) is 17.3 Å². The van der Waals surface area contributed by atoms with E-state index in [0.717, 1.165) is 10.2 Å². The third-order valence-corrected chi connectivity index (χ3v) is 3.44. The largest absolute Gasteiger partial charge is 0.323 e. The van der Waals surface area contributed by atoms with E-state index in [1.54, 1.807) is 48.8 Å². The van der Waals surface area contributed by atoms with Gasteiger partial charge in [-0.05, 0) is 30.3 Å². The number of aromatic nitrogens is 3. The first-order valence-electron chi connectivity index (χ1n) is 7.45. The third-order valence-electron chi connectivity index (χ3n) is 3.44. The second-order valence-corrected chi connectivity index (χ2v) is 5.16. The summed E-state index contributed by atoms with van der Waals surface area (Å²) in [6.45, 7) is -0.257. The Kier molecular flexibility index (Phi) is 4.62. The number of rotatable bonds is 4. The first-order valence-corrected chi connectivity index (χ1v) is 7.45. The SMILES string of the molecule is N#Cc1ccccc1NC(=O)Cn1nc(-c2cccnc2)ccc1=O. The number of carbonyl (C=O) groups excluding carboxylic acids is 1. The van der Waals surface area contributed by atoms with Gasteiger partial charge in [-0.2, -0.15) is 10.4 Å². The van der Waals surface area contributed by atoms with Crippen LogP contribution in [-0.4, -0.2) is 20.7 Å². The van der Waals surface area contributed by atoms with E-state index in [2.05, 4.69) is 15.4 Å². The summed E-state index contributed by atoms with van der Waals surface area (Å²) in [5.41, 5.74) is 1.63. The van der Waals surface area contributed by atoms with Crippen LogP contribution in [0.5, 0.6) is 0 Å². The second kappa shape index (κ2) is 7.19. The van der Waals surface area contributed by atoms with Crippen LogP contribution in [0.3, 0.4) is 0 Å². The van der Waals surface area contributed by atoms with E-state index in [-0.39, 0.29) is 6.54 Å². The van der Waals surface area contributed by atoms with Crippen LogP contribution >= 0.6 is 0 Å². The molecule has 0 unspecified atom stereocenters. The fourth-order valence-corrected chi connectivity index (χ4v) is 2.25. The maximum Gasteiger partial charge on any atom is 0.267 e. The van der Waals surface area contributed by atoms with E-state index in [0.29, 0.717) is 16.9 Å². The number of hydrogen-bond acceptors (Lipinski definition) is 5. The number of hydrogen-bond donors (Lipinski definition) is 1. The van der Waals surface area contributed by atoms with Gasteiger partial charge in [0.25, 0.3) is 5.56 Å². The Morgan fingerprint density at radius 2 is 2.00 bits per heavy atom. The van der Waals surface area contributed by atoms with Crippen LogP contribution in [0, 0.1) is 11.3 Å². The van der Waals surface area contributed by atoms with Crippen LogP contribution in [0.15, 0.2) is 65.7 Å². The van der Waals surface area contributed by atoms with Gasteiger partial charge < -0.3 is 5.32 Å². The lowest BCUT2D eigenvalue weighted by Gasteiger charge is -2.09. The van der Waals surface area contributed by atoms with Gasteiger partial charge in [-0.25, -0.2) is 4.68 Å². The molecular formula is C18H13N5O2. The molecule has 0 atom stereocenters. The topological polar surface area (TPSA) is 101 Å². The van der Waals surface area contributed by atoms with Gasteiger partial charge in [0, 0.05) is 24.0 Å². The fraction of sp³-hybridized carbons (Fsp3) is 0.0556. The average molecular weight is 331 g/mol. The van der Waals surface area contributed by atoms with Crippen molar-refractivity contribution in [2.24, 2.45) is 0 Å². The standard InChI is InChI=1S/C18H13N5O2/c19-10-13-4-1-2-6-15(13)21-17(24)12-23-18(25)8-7-16(22-23)14-5-3-9-20-11-14/h1-9,11H,12H2,(H,21,24). The predicted octanol–water partition coefficient (Wildman–Crippen LogP) is 1.82. The van der Waals surface area contributed by atoms with Gasteiger partial charge in [0.2, 0.25) is 5.91 Å². The molecule has 0 aliphatic rings. The van der Waals surface area contributed by atoms with Crippen molar-refractivity contribution < 1.29 is 4.79 Å². The maximum atomic E-state index is 12.2. The number of nitriles is 1. The lowest BCUT2D eigenvalue weighted by atomic mass is 10.2. The molecule has 0 bridgehead atoms. The van der Waals surface area contributed by atoms with Crippen LogP contribution in [-0.2, 0) is 11.3 Å². The van der Waals surface area contributed by atoms with Crippen LogP contribution < -0.4 is 10.9 Å². The van der Waals surface area contributed by atoms with Gasteiger partial charge in [-0.15, -0.1) is 0 Å². The molecule has 1 aromatic carbocycles. The predicted molar refractivity (Wildman–Crippen MR) is 91.5 cm³/mol. The minimum absolute atomic E-state index is 0.257. The Morgan fingerprint density at radius 1 is 1.16 bits per heavy atom. The van der Waals surface area contributed by atoms with Crippen molar-refractivity contribution in [3.63, 3.8) is 0 Å². The molecule has 2 aromatic heterocycles. The van der Waals surface area contributed by atoms with E-state index in [4.69, 9.17) is 5.26 Å². The lowest BCUT2D eigenvalue weighted by molar-refractivity contribution is -0.117. The number of benzene rings is 1. The Labute approximate surface area is 143 Å². The van der Waals surface area contributed by atoms with Crippen LogP contribution in [0.1, 0.15) is 5.56 Å². The highest BCUT2D eigenvalue weighted by Crippen LogP contribution is 2.14. The zero-order valence-corrected chi connectivity index (χ0v) is 13.1. The fourth-order valence-electron chi connectivity index (χ4n) is 2.25. The summed E-state index contributed by atoms with van der Waals surface area (Å²) >= 11 is 0. The summed E-state index contributed by atoms with van der Waals surface area (Å²) in [5, 5.41) is 15.9. The number of pyridine rings is 1. The molecule has 7 heteroatoms. The molecule has 2 heterocycles. The maximum absolute atomic E-state index is 12.2. The summed E-state index contributed by atoms with van der Waals surface area (Å²) in [7, 11) is 0. The summed E-state index contributed by atoms with van der Waals surface area (Å²) in [6, 6.07) is 15.2. The Balaban J connectivity index is 1.82. The molecule has 1 amide bonds. The molecule has 3 aromatic rings. The molecule has 25 heavy (non-hydrogen) atoms. The zero-order valence-electron chi connectivity index (χ0n) is 13.1. The van der Waals surface area contributed by atoms with E-state index in [9.17, 15) is 9.59 Å². The number of amides is 1. The van der Waals surface area contributed by atoms with Gasteiger partial charge in [0.05, 0.1) is 16.9 Å². The minimum Gasteiger partial charge on any atom is -0.323 e. The molecule has 122 valence electrons. The van der Waals surface area contributed by atoms with E-state index in [1.807, 2.05) is 12.1 Å². The zero-order chi connectivity index (χ0) is 17.6. The van der Waals surface area contributed by atoms with Gasteiger partial charge in [-0.3, -0.25) is 14.6 Å². The highest BCUT2D eigenvalue weighted by Gasteiger charge is 2.10. The Morgan fingerprint density at radius 3 is 2.76 bits per heavy atom. The van der Waals surface area contributed by atoms with Crippen LogP contribution in [0.2, 0.25) is 0 Å². The summed E-state index contributed by atoms with van der Waals surface area (Å²) in [4.78, 5) is 28.2. The summed E-state index contributed by atoms with van der Waals surface area (Å²) < 4.78 is 1.08. The second-order valence-electron chi connectivity index (χ2n) is 5.16. The highest BCUT2D eigenvalue weighted by atomic mass is 16.2.